The summed E-state index contributed by atoms with van der Waals surface area (Å²) in [5.74, 6) is 0. The van der Waals surface area contributed by atoms with E-state index in [4.69, 9.17) is 8.83 Å². The summed E-state index contributed by atoms with van der Waals surface area (Å²) in [6.07, 6.45) is 1.21. The average Bonchev–Trinajstić information content (AvgIpc) is 3.33. The lowest BCUT2D eigenvalue weighted by Gasteiger charge is -2.33. The van der Waals surface area contributed by atoms with Crippen molar-refractivity contribution in [1.82, 2.24) is 9.80 Å². The number of nitrogens with zero attached hydrogens (tertiary/aromatic N) is 2. The molecule has 1 aliphatic heterocycles. The molecule has 0 amide bonds. The van der Waals surface area contributed by atoms with Crippen molar-refractivity contribution in [2.24, 2.45) is 0 Å². The van der Waals surface area contributed by atoms with Crippen LogP contribution in [0.4, 0.5) is 0 Å². The van der Waals surface area contributed by atoms with Crippen molar-refractivity contribution in [3.05, 3.63) is 24.3 Å². The normalized spacial score (nSPS) is 17.6. The van der Waals surface area contributed by atoms with Gasteiger partial charge in [-0.25, -0.2) is 0 Å². The van der Waals surface area contributed by atoms with Crippen LogP contribution in [0, 0.1) is 0 Å². The fourth-order valence-corrected chi connectivity index (χ4v) is 9.55. The van der Waals surface area contributed by atoms with Gasteiger partial charge < -0.3 is 18.6 Å². The fraction of sp³-hybridized carbons (Fsp3) is 0.652. The summed E-state index contributed by atoms with van der Waals surface area (Å²) in [6.45, 7) is 22.5. The maximum Gasteiger partial charge on any atom is 0.203 e. The van der Waals surface area contributed by atoms with Gasteiger partial charge in [-0.1, -0.05) is 45.8 Å². The van der Waals surface area contributed by atoms with E-state index in [0.717, 1.165) is 0 Å². The van der Waals surface area contributed by atoms with E-state index in [0.29, 0.717) is 0 Å². The molecular formula is C23H42N2O2Si3. The monoisotopic (exact) mass is 462 g/mol. The molecule has 0 bridgehead atoms. The molecule has 0 aromatic carbocycles. The first-order valence-electron chi connectivity index (χ1n) is 11.5. The Kier molecular flexibility index (Phi) is 7.09. The van der Waals surface area contributed by atoms with Crippen molar-refractivity contribution in [1.29, 1.82) is 0 Å². The van der Waals surface area contributed by atoms with Crippen molar-refractivity contribution in [3.63, 3.8) is 0 Å². The molecule has 2 aromatic heterocycles. The van der Waals surface area contributed by atoms with Crippen LogP contribution >= 0.6 is 0 Å². The Balaban J connectivity index is 1.83. The van der Waals surface area contributed by atoms with E-state index in [2.05, 4.69) is 86.9 Å². The van der Waals surface area contributed by atoms with Gasteiger partial charge in [-0.2, -0.15) is 0 Å². The predicted octanol–water partition coefficient (Wildman–Crippen LogP) is 2.79. The van der Waals surface area contributed by atoms with Gasteiger partial charge in [0.05, 0.1) is 21.5 Å². The van der Waals surface area contributed by atoms with E-state index in [1.165, 1.54) is 66.7 Å². The lowest BCUT2D eigenvalue weighted by atomic mass is 10.3. The van der Waals surface area contributed by atoms with Gasteiger partial charge in [-0.15, -0.1) is 0 Å². The molecule has 1 fully saturated rings. The minimum Gasteiger partial charge on any atom is -0.476 e. The van der Waals surface area contributed by atoms with Crippen LogP contribution < -0.4 is 21.5 Å². The van der Waals surface area contributed by atoms with E-state index < -0.39 is 24.2 Å². The van der Waals surface area contributed by atoms with E-state index in [1.54, 1.807) is 0 Å². The molecule has 30 heavy (non-hydrogen) atoms. The third kappa shape index (κ3) is 5.48. The summed E-state index contributed by atoms with van der Waals surface area (Å²) in [5.41, 5.74) is 0. The van der Waals surface area contributed by atoms with Crippen LogP contribution in [-0.2, 0) is 0 Å². The minimum atomic E-state index is -2.04. The number of likely N-dealkylation sites (N-methyl/N-ethyl adjacent to an activating group) is 1. The minimum absolute atomic E-state index is 1.18. The second kappa shape index (κ2) is 8.94. The van der Waals surface area contributed by atoms with E-state index in [9.17, 15) is 0 Å². The van der Waals surface area contributed by atoms with Crippen LogP contribution in [0.2, 0.25) is 51.9 Å². The van der Waals surface area contributed by atoms with Crippen molar-refractivity contribution < 1.29 is 8.83 Å². The van der Waals surface area contributed by atoms with Crippen LogP contribution in [0.15, 0.2) is 33.1 Å². The van der Waals surface area contributed by atoms with Crippen LogP contribution in [0.25, 0.3) is 0 Å². The lowest BCUT2D eigenvalue weighted by molar-refractivity contribution is 0.154. The second-order valence-electron chi connectivity index (χ2n) is 11.4. The number of piperazine rings is 1. The molecule has 3 rings (SSSR count). The summed E-state index contributed by atoms with van der Waals surface area (Å²) in [5, 5.41) is 4.84. The molecule has 4 nitrogen and oxygen atoms in total. The maximum absolute atomic E-state index is 6.57. The van der Waals surface area contributed by atoms with Gasteiger partial charge in [0, 0.05) is 26.2 Å². The zero-order chi connectivity index (χ0) is 22.2. The Labute approximate surface area is 186 Å². The molecule has 168 valence electrons. The Morgan fingerprint density at radius 3 is 1.53 bits per heavy atom. The summed E-state index contributed by atoms with van der Waals surface area (Å²) in [7, 11) is -2.74. The summed E-state index contributed by atoms with van der Waals surface area (Å²) >= 11 is 0. The standard InChI is InChI=1S/C23H42N2O2Si3/c1-24-15-17-25(18-16-24)14-9-19-30(8,22-12-10-20(26-22)28(2,3)4)23-13-11-21(27-23)29(5,6)7/h10-13H,9,14-19H2,1-8H3. The molecule has 2 aromatic rings. The number of hydrogen-bond acceptors (Lipinski definition) is 4. The number of rotatable bonds is 8. The van der Waals surface area contributed by atoms with Gasteiger partial charge in [-0.3, -0.25) is 0 Å². The molecule has 1 aliphatic rings. The molecule has 3 heterocycles. The van der Waals surface area contributed by atoms with Gasteiger partial charge in [0.15, 0.2) is 0 Å². The summed E-state index contributed by atoms with van der Waals surface area (Å²) < 4.78 is 13.1. The molecule has 0 atom stereocenters. The fourth-order valence-electron chi connectivity index (χ4n) is 4.17. The molecule has 0 saturated carbocycles. The third-order valence-electron chi connectivity index (χ3n) is 6.53. The quantitative estimate of drug-likeness (QED) is 0.565. The molecule has 7 heteroatoms. The average molecular weight is 463 g/mol. The summed E-state index contributed by atoms with van der Waals surface area (Å²) in [4.78, 5) is 5.05. The van der Waals surface area contributed by atoms with Crippen LogP contribution in [-0.4, -0.2) is 73.8 Å². The Morgan fingerprint density at radius 2 is 1.13 bits per heavy atom. The second-order valence-corrected chi connectivity index (χ2v) is 25.5. The highest BCUT2D eigenvalue weighted by atomic mass is 28.3. The van der Waals surface area contributed by atoms with Crippen LogP contribution in [0.1, 0.15) is 6.42 Å². The smallest absolute Gasteiger partial charge is 0.203 e. The first-order chi connectivity index (χ1) is 13.9. The molecule has 0 spiro atoms. The van der Waals surface area contributed by atoms with Crippen molar-refractivity contribution in [2.75, 3.05) is 39.8 Å². The highest BCUT2D eigenvalue weighted by molar-refractivity contribution is 7.00. The van der Waals surface area contributed by atoms with E-state index >= 15 is 0 Å². The topological polar surface area (TPSA) is 32.8 Å². The van der Waals surface area contributed by atoms with Gasteiger partial charge in [0.25, 0.3) is 0 Å². The zero-order valence-corrected chi connectivity index (χ0v) is 23.5. The molecular weight excluding hydrogens is 421 g/mol. The summed E-state index contributed by atoms with van der Waals surface area (Å²) in [6, 6.07) is 10.2. The highest BCUT2D eigenvalue weighted by Crippen LogP contribution is 2.17. The van der Waals surface area contributed by atoms with E-state index in [-0.39, 0.29) is 0 Å². The molecule has 0 aliphatic carbocycles. The van der Waals surface area contributed by atoms with Gasteiger partial charge in [-0.05, 0) is 50.3 Å². The highest BCUT2D eigenvalue weighted by Gasteiger charge is 2.40. The molecule has 1 saturated heterocycles. The Bertz CT molecular complexity index is 772. The first-order valence-corrected chi connectivity index (χ1v) is 21.2. The molecule has 0 unspecified atom stereocenters. The number of furan rings is 2. The van der Waals surface area contributed by atoms with Gasteiger partial charge in [0.1, 0.15) is 16.1 Å². The molecule has 0 radical (unpaired) electrons. The lowest BCUT2D eigenvalue weighted by Crippen LogP contribution is -2.56. The van der Waals surface area contributed by atoms with Gasteiger partial charge in [0.2, 0.25) is 8.07 Å². The molecule has 0 N–H and O–H groups in total. The van der Waals surface area contributed by atoms with Crippen molar-refractivity contribution in [3.8, 4) is 0 Å². The van der Waals surface area contributed by atoms with Crippen LogP contribution in [0.5, 0.6) is 0 Å². The van der Waals surface area contributed by atoms with Crippen LogP contribution in [0.3, 0.4) is 0 Å². The maximum atomic E-state index is 6.57. The largest absolute Gasteiger partial charge is 0.476 e. The zero-order valence-electron chi connectivity index (χ0n) is 20.5. The van der Waals surface area contributed by atoms with Gasteiger partial charge >= 0.3 is 0 Å². The van der Waals surface area contributed by atoms with E-state index in [1.807, 2.05) is 0 Å². The third-order valence-corrected chi connectivity index (χ3v) is 14.1. The van der Waals surface area contributed by atoms with Crippen molar-refractivity contribution >= 4 is 45.8 Å². The first kappa shape index (κ1) is 23.8. The number of hydrogen-bond donors (Lipinski definition) is 0. The predicted molar refractivity (Wildman–Crippen MR) is 138 cm³/mol. The Hall–Kier alpha value is -0.869. The van der Waals surface area contributed by atoms with Crippen molar-refractivity contribution in [2.45, 2.75) is 58.3 Å². The Morgan fingerprint density at radius 1 is 0.700 bits per heavy atom. The SMILES string of the molecule is CN1CCN(CCC[Si](C)(c2ccc([Si](C)(C)C)o2)c2ccc([Si](C)(C)C)o2)CC1.